The van der Waals surface area contributed by atoms with Gasteiger partial charge in [0.1, 0.15) is 11.5 Å². The molecule has 0 radical (unpaired) electrons. The second kappa shape index (κ2) is 39.7. The van der Waals surface area contributed by atoms with Gasteiger partial charge in [-0.05, 0) is 58.5 Å². The number of hydrogen-bond donors (Lipinski definition) is 1. The SMILES string of the molecule is CCCCCCCCCCCCCCCCCCOC(=O)CCc1cc(C(C)(C)C)c(OP(O)Oc2c(C(C)(C)C)cc(CCC(=O)OCCCCCCCCCCCCCCCCCC)cc2C(C)(C)C)c(C(C)(C)C)c1. The van der Waals surface area contributed by atoms with Gasteiger partial charge in [-0.2, -0.15) is 0 Å². The maximum Gasteiger partial charge on any atom is 0.460 e. The Hall–Kier alpha value is -2.63. The van der Waals surface area contributed by atoms with E-state index in [-0.39, 0.29) is 33.6 Å². The van der Waals surface area contributed by atoms with E-state index in [9.17, 15) is 14.5 Å². The molecule has 0 bridgehead atoms. The average Bonchev–Trinajstić information content (AvgIpc) is 3.41. The van der Waals surface area contributed by atoms with Crippen LogP contribution in [0.4, 0.5) is 0 Å². The molecule has 7 nitrogen and oxygen atoms in total. The molecule has 0 saturated heterocycles. The fraction of sp³-hybridized carbons (Fsp3) is 0.800. The molecule has 2 rings (SSSR count). The first-order valence-corrected chi connectivity index (χ1v) is 33.6. The fourth-order valence-corrected chi connectivity index (χ4v) is 11.3. The van der Waals surface area contributed by atoms with Crippen molar-refractivity contribution in [3.63, 3.8) is 0 Å². The number of hydrogen-bond acceptors (Lipinski definition) is 7. The lowest BCUT2D eigenvalue weighted by Gasteiger charge is -2.33. The number of unbranched alkanes of at least 4 members (excludes halogenated alkanes) is 30. The van der Waals surface area contributed by atoms with Gasteiger partial charge in [0.2, 0.25) is 0 Å². The number of ether oxygens (including phenoxy) is 2. The Morgan fingerprint density at radius 1 is 0.359 bits per heavy atom. The van der Waals surface area contributed by atoms with Crippen LogP contribution in [0.5, 0.6) is 11.5 Å². The number of rotatable bonds is 44. The van der Waals surface area contributed by atoms with Crippen LogP contribution in [0.1, 0.15) is 349 Å². The highest BCUT2D eigenvalue weighted by Gasteiger charge is 2.34. The second-order valence-electron chi connectivity index (χ2n) is 27.5. The quantitative estimate of drug-likeness (QED) is 0.0401. The van der Waals surface area contributed by atoms with Crippen LogP contribution in [0.3, 0.4) is 0 Å². The maximum atomic E-state index is 13.0. The highest BCUT2D eigenvalue weighted by Crippen LogP contribution is 2.50. The molecule has 78 heavy (non-hydrogen) atoms. The first-order chi connectivity index (χ1) is 37.0. The Bertz CT molecular complexity index is 1690. The predicted octanol–water partition coefficient (Wildman–Crippen LogP) is 22.0. The number of carbonyl (C=O) groups is 2. The van der Waals surface area contributed by atoms with Crippen molar-refractivity contribution in [2.45, 2.75) is 350 Å². The molecule has 450 valence electrons. The normalized spacial score (nSPS) is 12.4. The van der Waals surface area contributed by atoms with Crippen molar-refractivity contribution in [2.24, 2.45) is 0 Å². The number of aryl methyl sites for hydroxylation is 2. The molecular weight excluding hydrogens is 984 g/mol. The molecule has 0 atom stereocenters. The van der Waals surface area contributed by atoms with E-state index in [4.69, 9.17) is 18.5 Å². The third kappa shape index (κ3) is 32.1. The zero-order chi connectivity index (χ0) is 57.9. The zero-order valence-corrected chi connectivity index (χ0v) is 54.4. The van der Waals surface area contributed by atoms with E-state index >= 15 is 0 Å². The summed E-state index contributed by atoms with van der Waals surface area (Å²) < 4.78 is 24.8. The van der Waals surface area contributed by atoms with E-state index in [1.165, 1.54) is 180 Å². The largest absolute Gasteiger partial charge is 0.466 e. The lowest BCUT2D eigenvalue weighted by molar-refractivity contribution is -0.144. The van der Waals surface area contributed by atoms with E-state index < -0.39 is 8.60 Å². The molecule has 0 amide bonds. The van der Waals surface area contributed by atoms with Crippen molar-refractivity contribution in [1.82, 2.24) is 0 Å². The van der Waals surface area contributed by atoms with Crippen molar-refractivity contribution in [2.75, 3.05) is 13.2 Å². The topological polar surface area (TPSA) is 91.3 Å². The zero-order valence-electron chi connectivity index (χ0n) is 53.5. The predicted molar refractivity (Wildman–Crippen MR) is 336 cm³/mol. The Balaban J connectivity index is 1.96. The molecule has 0 saturated carbocycles. The highest BCUT2D eigenvalue weighted by molar-refractivity contribution is 7.41. The van der Waals surface area contributed by atoms with Gasteiger partial charge in [-0.1, -0.05) is 314 Å². The lowest BCUT2D eigenvalue weighted by Crippen LogP contribution is -2.21. The summed E-state index contributed by atoms with van der Waals surface area (Å²) in [6.45, 7) is 31.4. The summed E-state index contributed by atoms with van der Waals surface area (Å²) in [5.74, 6) is 0.939. The standard InChI is InChI=1S/C70H123O7P/c1-15-17-19-21-23-25-27-29-31-33-35-37-39-41-43-45-51-74-63(71)49-47-57-53-59(67(3,4)5)65(60(54-57)68(6,7)8)76-78(73)77-66-61(69(9,10)11)55-58(56-62(66)70(12,13)14)48-50-64(72)75-52-46-44-42-40-38-36-34-32-30-28-26-24-22-20-18-16-2/h53-56,73H,15-52H2,1-14H3. The molecular formula is C70H123O7P. The molecule has 0 fully saturated rings. The van der Waals surface area contributed by atoms with Crippen LogP contribution < -0.4 is 9.05 Å². The molecule has 2 aromatic carbocycles. The molecule has 0 aliphatic carbocycles. The second-order valence-corrected chi connectivity index (χ2v) is 28.3. The summed E-state index contributed by atoms with van der Waals surface area (Å²) in [5, 5.41) is 0. The Labute approximate surface area is 483 Å². The van der Waals surface area contributed by atoms with Crippen LogP contribution in [0.2, 0.25) is 0 Å². The molecule has 8 heteroatoms. The van der Waals surface area contributed by atoms with Gasteiger partial charge in [-0.3, -0.25) is 9.59 Å². The van der Waals surface area contributed by atoms with Gasteiger partial charge in [0.05, 0.1) is 13.2 Å². The minimum absolute atomic E-state index is 0.158. The first-order valence-electron chi connectivity index (χ1n) is 32.5. The monoisotopic (exact) mass is 1110 g/mol. The van der Waals surface area contributed by atoms with Gasteiger partial charge < -0.3 is 23.4 Å². The first kappa shape index (κ1) is 71.5. The van der Waals surface area contributed by atoms with Gasteiger partial charge in [0.25, 0.3) is 0 Å². The Morgan fingerprint density at radius 3 is 0.769 bits per heavy atom. The highest BCUT2D eigenvalue weighted by atomic mass is 31.2. The molecule has 1 N–H and O–H groups in total. The summed E-state index contributed by atoms with van der Waals surface area (Å²) in [4.78, 5) is 38.1. The maximum absolute atomic E-state index is 13.0. The van der Waals surface area contributed by atoms with E-state index in [0.29, 0.717) is 50.4 Å². The van der Waals surface area contributed by atoms with Crippen LogP contribution in [0.15, 0.2) is 24.3 Å². The van der Waals surface area contributed by atoms with Crippen LogP contribution in [0.25, 0.3) is 0 Å². The molecule has 0 aromatic heterocycles. The number of benzene rings is 2. The molecule has 0 heterocycles. The lowest BCUT2D eigenvalue weighted by atomic mass is 9.78. The Morgan fingerprint density at radius 2 is 0.564 bits per heavy atom. The summed E-state index contributed by atoms with van der Waals surface area (Å²) in [7, 11) is -2.43. The summed E-state index contributed by atoms with van der Waals surface area (Å²) in [6, 6.07) is 8.55. The van der Waals surface area contributed by atoms with Crippen molar-refractivity contribution in [1.29, 1.82) is 0 Å². The van der Waals surface area contributed by atoms with Crippen LogP contribution >= 0.6 is 8.60 Å². The van der Waals surface area contributed by atoms with Gasteiger partial charge in [0.15, 0.2) is 0 Å². The van der Waals surface area contributed by atoms with E-state index in [1.54, 1.807) is 0 Å². The number of esters is 2. The third-order valence-electron chi connectivity index (χ3n) is 15.6. The number of carbonyl (C=O) groups excluding carboxylic acids is 2. The Kier molecular flexibility index (Phi) is 36.4. The van der Waals surface area contributed by atoms with Crippen LogP contribution in [-0.2, 0) is 53.6 Å². The molecule has 0 unspecified atom stereocenters. The average molecular weight is 1110 g/mol. The van der Waals surface area contributed by atoms with Gasteiger partial charge in [0, 0.05) is 35.1 Å². The minimum atomic E-state index is -2.43. The van der Waals surface area contributed by atoms with Gasteiger partial charge in [-0.25, -0.2) is 0 Å². The van der Waals surface area contributed by atoms with E-state index in [0.717, 1.165) is 59.1 Å². The summed E-state index contributed by atoms with van der Waals surface area (Å²) in [6.07, 6.45) is 43.9. The van der Waals surface area contributed by atoms with Crippen molar-refractivity contribution >= 4 is 20.5 Å². The van der Waals surface area contributed by atoms with Gasteiger partial charge >= 0.3 is 20.5 Å². The molecule has 0 spiro atoms. The van der Waals surface area contributed by atoms with Crippen molar-refractivity contribution in [3.8, 4) is 11.5 Å². The molecule has 0 aliphatic rings. The van der Waals surface area contributed by atoms with Crippen molar-refractivity contribution in [3.05, 3.63) is 57.6 Å². The van der Waals surface area contributed by atoms with E-state index in [1.807, 2.05) is 0 Å². The third-order valence-corrected chi connectivity index (χ3v) is 16.3. The summed E-state index contributed by atoms with van der Waals surface area (Å²) in [5.41, 5.74) is 4.58. The van der Waals surface area contributed by atoms with E-state index in [2.05, 4.69) is 121 Å². The van der Waals surface area contributed by atoms with Crippen LogP contribution in [-0.4, -0.2) is 30.0 Å². The minimum Gasteiger partial charge on any atom is -0.466 e. The molecule has 0 aliphatic heterocycles. The van der Waals surface area contributed by atoms with Gasteiger partial charge in [-0.15, -0.1) is 0 Å². The smallest absolute Gasteiger partial charge is 0.460 e. The molecule has 2 aromatic rings. The fourth-order valence-electron chi connectivity index (χ4n) is 10.6. The van der Waals surface area contributed by atoms with Crippen molar-refractivity contribution < 1.29 is 33.0 Å². The van der Waals surface area contributed by atoms with Crippen LogP contribution in [0, 0.1) is 0 Å². The summed E-state index contributed by atoms with van der Waals surface area (Å²) >= 11 is 0.